The molecule has 2 N–H and O–H groups in total. The van der Waals surface area contributed by atoms with Crippen LogP contribution in [0.4, 0.5) is 5.00 Å². The van der Waals surface area contributed by atoms with E-state index in [9.17, 15) is 0 Å². The average Bonchev–Trinajstić information content (AvgIpc) is 2.79. The van der Waals surface area contributed by atoms with Crippen LogP contribution in [0.25, 0.3) is 11.3 Å². The largest absolute Gasteiger partial charge is 0.494 e. The van der Waals surface area contributed by atoms with Crippen molar-refractivity contribution >= 4 is 16.3 Å². The van der Waals surface area contributed by atoms with E-state index in [4.69, 9.17) is 15.5 Å². The summed E-state index contributed by atoms with van der Waals surface area (Å²) in [5.41, 5.74) is 8.04. The van der Waals surface area contributed by atoms with E-state index in [1.165, 1.54) is 0 Å². The van der Waals surface area contributed by atoms with Crippen LogP contribution in [0.3, 0.4) is 0 Å². The Kier molecular flexibility index (Phi) is 4.33. The predicted octanol–water partition coefficient (Wildman–Crippen LogP) is 4.48. The van der Waals surface area contributed by atoms with E-state index in [1.54, 1.807) is 11.3 Å². The lowest BCUT2D eigenvalue weighted by Crippen LogP contribution is -2.10. The number of rotatable bonds is 4. The van der Waals surface area contributed by atoms with Gasteiger partial charge in [-0.2, -0.15) is 0 Å². The van der Waals surface area contributed by atoms with Crippen molar-refractivity contribution in [3.05, 3.63) is 29.3 Å². The number of hydrogen-bond acceptors (Lipinski definition) is 4. The van der Waals surface area contributed by atoms with Gasteiger partial charge in [-0.3, -0.25) is 0 Å². The molecule has 0 bridgehead atoms. The van der Waals surface area contributed by atoms with Gasteiger partial charge in [0.05, 0.1) is 6.61 Å². The molecule has 1 heterocycles. The van der Waals surface area contributed by atoms with Gasteiger partial charge in [-0.05, 0) is 18.6 Å². The summed E-state index contributed by atoms with van der Waals surface area (Å²) in [5, 5.41) is 1.83. The van der Waals surface area contributed by atoms with Gasteiger partial charge in [-0.1, -0.05) is 39.8 Å². The van der Waals surface area contributed by atoms with Gasteiger partial charge in [0.15, 0.2) is 0 Å². The third-order valence-electron chi connectivity index (χ3n) is 2.88. The van der Waals surface area contributed by atoms with Crippen molar-refractivity contribution < 1.29 is 4.74 Å². The Morgan fingerprint density at radius 3 is 2.65 bits per heavy atom. The maximum absolute atomic E-state index is 6.14. The number of nitrogen functional groups attached to an aromatic ring is 1. The molecule has 3 nitrogen and oxygen atoms in total. The minimum Gasteiger partial charge on any atom is -0.494 e. The summed E-state index contributed by atoms with van der Waals surface area (Å²) in [7, 11) is 0. The molecule has 0 unspecified atom stereocenters. The van der Waals surface area contributed by atoms with Gasteiger partial charge in [-0.15, -0.1) is 11.3 Å². The Morgan fingerprint density at radius 1 is 1.30 bits per heavy atom. The molecule has 0 saturated heterocycles. The fourth-order valence-corrected chi connectivity index (χ4v) is 2.72. The number of thiazole rings is 1. The number of nitrogens with zero attached hydrogens (tertiary/aromatic N) is 1. The Morgan fingerprint density at radius 2 is 2.05 bits per heavy atom. The van der Waals surface area contributed by atoms with Gasteiger partial charge < -0.3 is 10.5 Å². The smallest absolute Gasteiger partial charge is 0.119 e. The maximum atomic E-state index is 6.14. The number of ether oxygens (including phenoxy) is 1. The van der Waals surface area contributed by atoms with E-state index >= 15 is 0 Å². The normalized spacial score (nSPS) is 11.6. The molecule has 2 aromatic rings. The summed E-state index contributed by atoms with van der Waals surface area (Å²) in [5.74, 6) is 0.869. The second-order valence-electron chi connectivity index (χ2n) is 5.86. The van der Waals surface area contributed by atoms with Gasteiger partial charge in [-0.25, -0.2) is 4.98 Å². The molecule has 0 aliphatic heterocycles. The molecular formula is C16H22N2OS. The quantitative estimate of drug-likeness (QED) is 0.903. The van der Waals surface area contributed by atoms with E-state index in [1.807, 2.05) is 24.3 Å². The minimum atomic E-state index is 0.0212. The van der Waals surface area contributed by atoms with Crippen molar-refractivity contribution in [2.45, 2.75) is 39.5 Å². The SMILES string of the molecule is CCCOc1cccc(-c2nc(C(C)(C)C)sc2N)c1. The van der Waals surface area contributed by atoms with Crippen molar-refractivity contribution in [1.82, 2.24) is 4.98 Å². The molecule has 4 heteroatoms. The van der Waals surface area contributed by atoms with Crippen LogP contribution in [0, 0.1) is 0 Å². The molecule has 0 fully saturated rings. The molecule has 0 atom stereocenters. The molecule has 0 amide bonds. The van der Waals surface area contributed by atoms with Crippen LogP contribution in [-0.4, -0.2) is 11.6 Å². The molecule has 108 valence electrons. The van der Waals surface area contributed by atoms with Gasteiger partial charge in [0, 0.05) is 11.0 Å². The van der Waals surface area contributed by atoms with E-state index in [-0.39, 0.29) is 5.41 Å². The monoisotopic (exact) mass is 290 g/mol. The lowest BCUT2D eigenvalue weighted by Gasteiger charge is -2.13. The highest BCUT2D eigenvalue weighted by atomic mass is 32.1. The first-order chi connectivity index (χ1) is 9.41. The third-order valence-corrected chi connectivity index (χ3v) is 4.19. The summed E-state index contributed by atoms with van der Waals surface area (Å²) < 4.78 is 5.67. The van der Waals surface area contributed by atoms with E-state index in [2.05, 4.69) is 27.7 Å². The molecule has 0 aliphatic carbocycles. The lowest BCUT2D eigenvalue weighted by molar-refractivity contribution is 0.317. The predicted molar refractivity (Wildman–Crippen MR) is 86.4 cm³/mol. The van der Waals surface area contributed by atoms with Gasteiger partial charge in [0.1, 0.15) is 21.5 Å². The van der Waals surface area contributed by atoms with Crippen LogP contribution in [0.5, 0.6) is 5.75 Å². The number of hydrogen-bond donors (Lipinski definition) is 1. The maximum Gasteiger partial charge on any atom is 0.119 e. The van der Waals surface area contributed by atoms with Crippen LogP contribution in [-0.2, 0) is 5.41 Å². The molecule has 0 spiro atoms. The topological polar surface area (TPSA) is 48.1 Å². The van der Waals surface area contributed by atoms with Crippen molar-refractivity contribution in [3.8, 4) is 17.0 Å². The van der Waals surface area contributed by atoms with E-state index < -0.39 is 0 Å². The Bertz CT molecular complexity index is 584. The standard InChI is InChI=1S/C16H22N2OS/c1-5-9-19-12-8-6-7-11(10-12)13-14(17)20-15(18-13)16(2,3)4/h6-8,10H,5,9,17H2,1-4H3. The molecule has 20 heavy (non-hydrogen) atoms. The zero-order chi connectivity index (χ0) is 14.8. The molecule has 1 aromatic carbocycles. The third kappa shape index (κ3) is 3.31. The fourth-order valence-electron chi connectivity index (χ4n) is 1.81. The minimum absolute atomic E-state index is 0.0212. The van der Waals surface area contributed by atoms with Crippen molar-refractivity contribution in [2.24, 2.45) is 0 Å². The second kappa shape index (κ2) is 5.83. The summed E-state index contributed by atoms with van der Waals surface area (Å²) in [6.45, 7) is 9.27. The van der Waals surface area contributed by atoms with Crippen LogP contribution in [0.2, 0.25) is 0 Å². The first kappa shape index (κ1) is 14.9. The summed E-state index contributed by atoms with van der Waals surface area (Å²) >= 11 is 1.57. The zero-order valence-corrected chi connectivity index (χ0v) is 13.4. The van der Waals surface area contributed by atoms with Gasteiger partial charge in [0.25, 0.3) is 0 Å². The number of aromatic nitrogens is 1. The molecule has 0 saturated carbocycles. The van der Waals surface area contributed by atoms with E-state index in [0.29, 0.717) is 0 Å². The summed E-state index contributed by atoms with van der Waals surface area (Å²) in [6.07, 6.45) is 0.997. The highest BCUT2D eigenvalue weighted by Gasteiger charge is 2.21. The highest BCUT2D eigenvalue weighted by molar-refractivity contribution is 7.16. The average molecular weight is 290 g/mol. The van der Waals surface area contributed by atoms with E-state index in [0.717, 1.165) is 40.0 Å². The summed E-state index contributed by atoms with van der Waals surface area (Å²) in [6, 6.07) is 7.98. The van der Waals surface area contributed by atoms with Crippen molar-refractivity contribution in [3.63, 3.8) is 0 Å². The van der Waals surface area contributed by atoms with Crippen LogP contribution < -0.4 is 10.5 Å². The molecular weight excluding hydrogens is 268 g/mol. The summed E-state index contributed by atoms with van der Waals surface area (Å²) in [4.78, 5) is 4.71. The first-order valence-corrected chi connectivity index (χ1v) is 7.73. The molecule has 1 aromatic heterocycles. The van der Waals surface area contributed by atoms with Crippen molar-refractivity contribution in [2.75, 3.05) is 12.3 Å². The number of benzene rings is 1. The number of nitrogens with two attached hydrogens (primary N) is 1. The Hall–Kier alpha value is -1.55. The fraction of sp³-hybridized carbons (Fsp3) is 0.438. The second-order valence-corrected chi connectivity index (χ2v) is 6.89. The van der Waals surface area contributed by atoms with Crippen molar-refractivity contribution in [1.29, 1.82) is 0 Å². The van der Waals surface area contributed by atoms with Crippen LogP contribution in [0.15, 0.2) is 24.3 Å². The molecule has 2 rings (SSSR count). The van der Waals surface area contributed by atoms with Gasteiger partial charge in [0.2, 0.25) is 0 Å². The Labute approximate surface area is 124 Å². The zero-order valence-electron chi connectivity index (χ0n) is 12.6. The van der Waals surface area contributed by atoms with Gasteiger partial charge >= 0.3 is 0 Å². The highest BCUT2D eigenvalue weighted by Crippen LogP contribution is 2.37. The molecule has 0 radical (unpaired) electrons. The lowest BCUT2D eigenvalue weighted by atomic mass is 9.98. The van der Waals surface area contributed by atoms with Crippen LogP contribution in [0.1, 0.15) is 39.1 Å². The first-order valence-electron chi connectivity index (χ1n) is 6.92. The van der Waals surface area contributed by atoms with Crippen LogP contribution >= 0.6 is 11.3 Å². The Balaban J connectivity index is 2.34. The molecule has 0 aliphatic rings. The number of anilines is 1.